The largest absolute Gasteiger partial charge is 0.490 e. The molecular weight excluding hydrogens is 192 g/mol. The molecule has 0 spiro atoms. The Labute approximate surface area is 82.1 Å². The zero-order valence-electron chi connectivity index (χ0n) is 6.77. The van der Waals surface area contributed by atoms with Gasteiger partial charge in [0.2, 0.25) is 0 Å². The number of benzene rings is 1. The lowest BCUT2D eigenvalue weighted by Gasteiger charge is -2.08. The highest BCUT2D eigenvalue weighted by atomic mass is 35.5. The van der Waals surface area contributed by atoms with E-state index in [9.17, 15) is 0 Å². The molecule has 0 fully saturated rings. The highest BCUT2D eigenvalue weighted by Crippen LogP contribution is 2.19. The van der Waals surface area contributed by atoms with Gasteiger partial charge in [-0.2, -0.15) is 0 Å². The molecule has 0 radical (unpaired) electrons. The Morgan fingerprint density at radius 2 is 1.54 bits per heavy atom. The molecule has 0 atom stereocenters. The van der Waals surface area contributed by atoms with E-state index in [2.05, 4.69) is 0 Å². The van der Waals surface area contributed by atoms with Gasteiger partial charge in [-0.1, -0.05) is 6.07 Å². The van der Waals surface area contributed by atoms with Crippen LogP contribution in [0.4, 0.5) is 17.1 Å². The van der Waals surface area contributed by atoms with Crippen LogP contribution in [-0.4, -0.2) is 17.2 Å². The predicted molar refractivity (Wildman–Crippen MR) is 56.8 cm³/mol. The van der Waals surface area contributed by atoms with Gasteiger partial charge in [-0.05, 0) is 6.07 Å². The molecule has 0 heterocycles. The van der Waals surface area contributed by atoms with E-state index < -0.39 is 7.12 Å². The minimum absolute atomic E-state index is 0. The molecule has 13 heavy (non-hydrogen) atoms. The molecule has 5 nitrogen and oxygen atoms in total. The van der Waals surface area contributed by atoms with Crippen molar-refractivity contribution in [3.05, 3.63) is 12.1 Å². The van der Waals surface area contributed by atoms with Gasteiger partial charge in [-0.15, -0.1) is 12.4 Å². The van der Waals surface area contributed by atoms with Crippen molar-refractivity contribution in [1.82, 2.24) is 0 Å². The lowest BCUT2D eigenvalue weighted by atomic mass is 9.78. The van der Waals surface area contributed by atoms with Crippen LogP contribution in [-0.2, 0) is 0 Å². The molecule has 0 aliphatic heterocycles. The molecule has 1 aromatic carbocycles. The third kappa shape index (κ3) is 2.18. The van der Waals surface area contributed by atoms with Crippen molar-refractivity contribution in [3.63, 3.8) is 0 Å². The van der Waals surface area contributed by atoms with Crippen molar-refractivity contribution < 1.29 is 10.0 Å². The summed E-state index contributed by atoms with van der Waals surface area (Å²) < 4.78 is 0. The normalized spacial score (nSPS) is 9.08. The maximum absolute atomic E-state index is 8.80. The van der Waals surface area contributed by atoms with Crippen molar-refractivity contribution in [2.45, 2.75) is 0 Å². The van der Waals surface area contributed by atoms with Crippen LogP contribution in [0.15, 0.2) is 12.1 Å². The molecule has 0 amide bonds. The van der Waals surface area contributed by atoms with Gasteiger partial charge in [0, 0.05) is 5.46 Å². The number of halogens is 1. The summed E-state index contributed by atoms with van der Waals surface area (Å²) in [7, 11) is -1.62. The van der Waals surface area contributed by atoms with Crippen molar-refractivity contribution in [3.8, 4) is 0 Å². The van der Waals surface area contributed by atoms with E-state index in [4.69, 9.17) is 27.2 Å². The van der Waals surface area contributed by atoms with Crippen LogP contribution in [0.25, 0.3) is 0 Å². The molecule has 0 aromatic heterocycles. The second kappa shape index (κ2) is 4.22. The minimum Gasteiger partial charge on any atom is -0.423 e. The standard InChI is InChI=1S/C6H10BN3O2.ClH/c8-4-2-1-3(7(11)12)5(9)6(4)10;/h1-2,11-12H,8-10H2;1H. The van der Waals surface area contributed by atoms with E-state index in [0.29, 0.717) is 5.69 Å². The Hall–Kier alpha value is -1.11. The third-order valence-corrected chi connectivity index (χ3v) is 1.63. The lowest BCUT2D eigenvalue weighted by Crippen LogP contribution is -2.33. The van der Waals surface area contributed by atoms with Gasteiger partial charge >= 0.3 is 7.12 Å². The van der Waals surface area contributed by atoms with Crippen LogP contribution >= 0.6 is 12.4 Å². The Kier molecular flexibility index (Phi) is 3.86. The van der Waals surface area contributed by atoms with Crippen LogP contribution in [0, 0.1) is 0 Å². The van der Waals surface area contributed by atoms with Gasteiger partial charge in [0.15, 0.2) is 0 Å². The zero-order chi connectivity index (χ0) is 9.30. The third-order valence-electron chi connectivity index (χ3n) is 1.63. The first-order chi connectivity index (χ1) is 5.54. The Morgan fingerprint density at radius 3 is 2.00 bits per heavy atom. The summed E-state index contributed by atoms with van der Waals surface area (Å²) in [6, 6.07) is 2.90. The molecule has 7 heteroatoms. The molecule has 8 N–H and O–H groups in total. The molecule has 0 bridgehead atoms. The number of rotatable bonds is 1. The number of hydrogen-bond acceptors (Lipinski definition) is 5. The van der Waals surface area contributed by atoms with E-state index in [1.807, 2.05) is 0 Å². The summed E-state index contributed by atoms with van der Waals surface area (Å²) in [4.78, 5) is 0. The molecule has 0 aliphatic rings. The first kappa shape index (κ1) is 11.9. The average molecular weight is 203 g/mol. The van der Waals surface area contributed by atoms with Gasteiger partial charge in [0.1, 0.15) is 0 Å². The highest BCUT2D eigenvalue weighted by Gasteiger charge is 2.16. The quantitative estimate of drug-likeness (QED) is 0.282. The van der Waals surface area contributed by atoms with E-state index in [-0.39, 0.29) is 29.2 Å². The van der Waals surface area contributed by atoms with Crippen molar-refractivity contribution >= 4 is 42.1 Å². The van der Waals surface area contributed by atoms with Crippen LogP contribution in [0.2, 0.25) is 0 Å². The summed E-state index contributed by atoms with van der Waals surface area (Å²) in [6.45, 7) is 0. The van der Waals surface area contributed by atoms with Crippen LogP contribution in [0.3, 0.4) is 0 Å². The number of anilines is 3. The lowest BCUT2D eigenvalue weighted by molar-refractivity contribution is 0.426. The Morgan fingerprint density at radius 1 is 1.00 bits per heavy atom. The fourth-order valence-electron chi connectivity index (χ4n) is 0.895. The van der Waals surface area contributed by atoms with Gasteiger partial charge in [-0.25, -0.2) is 0 Å². The Balaban J connectivity index is 0.00000144. The summed E-state index contributed by atoms with van der Waals surface area (Å²) in [5.41, 5.74) is 17.1. The number of hydrogen-bond donors (Lipinski definition) is 5. The fourth-order valence-corrected chi connectivity index (χ4v) is 0.895. The van der Waals surface area contributed by atoms with Gasteiger partial charge in [0.05, 0.1) is 17.1 Å². The van der Waals surface area contributed by atoms with E-state index in [1.165, 1.54) is 12.1 Å². The number of nitrogen functional groups attached to an aromatic ring is 3. The Bertz CT molecular complexity index is 308. The second-order valence-corrected chi connectivity index (χ2v) is 2.45. The predicted octanol–water partition coefficient (Wildman–Crippen LogP) is -1.47. The maximum atomic E-state index is 8.80. The monoisotopic (exact) mass is 203 g/mol. The van der Waals surface area contributed by atoms with Crippen LogP contribution in [0.5, 0.6) is 0 Å². The van der Waals surface area contributed by atoms with E-state index in [0.717, 1.165) is 0 Å². The molecule has 1 rings (SSSR count). The molecule has 0 aliphatic carbocycles. The first-order valence-corrected chi connectivity index (χ1v) is 3.33. The fraction of sp³-hybridized carbons (Fsp3) is 0. The summed E-state index contributed by atoms with van der Waals surface area (Å²) in [6.07, 6.45) is 0. The average Bonchev–Trinajstić information content (AvgIpc) is 2.00. The van der Waals surface area contributed by atoms with Crippen molar-refractivity contribution in [1.29, 1.82) is 0 Å². The zero-order valence-corrected chi connectivity index (χ0v) is 7.58. The molecule has 72 valence electrons. The van der Waals surface area contributed by atoms with E-state index >= 15 is 0 Å². The van der Waals surface area contributed by atoms with Crippen LogP contribution in [0.1, 0.15) is 0 Å². The SMILES string of the molecule is Cl.Nc1ccc(B(O)O)c(N)c1N. The van der Waals surface area contributed by atoms with Crippen molar-refractivity contribution in [2.75, 3.05) is 17.2 Å². The topological polar surface area (TPSA) is 119 Å². The highest BCUT2D eigenvalue weighted by molar-refractivity contribution is 6.60. The summed E-state index contributed by atoms with van der Waals surface area (Å²) in [5, 5.41) is 17.6. The second-order valence-electron chi connectivity index (χ2n) is 2.45. The number of nitrogens with two attached hydrogens (primary N) is 3. The van der Waals surface area contributed by atoms with Crippen molar-refractivity contribution in [2.24, 2.45) is 0 Å². The van der Waals surface area contributed by atoms with Gasteiger partial charge < -0.3 is 27.2 Å². The molecular formula is C6H11BClN3O2. The van der Waals surface area contributed by atoms with Gasteiger partial charge in [0.25, 0.3) is 0 Å². The minimum atomic E-state index is -1.62. The summed E-state index contributed by atoms with van der Waals surface area (Å²) in [5.74, 6) is 0. The van der Waals surface area contributed by atoms with Crippen LogP contribution < -0.4 is 22.7 Å². The summed E-state index contributed by atoms with van der Waals surface area (Å²) >= 11 is 0. The van der Waals surface area contributed by atoms with E-state index in [1.54, 1.807) is 0 Å². The maximum Gasteiger partial charge on any atom is 0.490 e. The van der Waals surface area contributed by atoms with Gasteiger partial charge in [-0.3, -0.25) is 0 Å². The smallest absolute Gasteiger partial charge is 0.423 e. The molecule has 0 saturated carbocycles. The molecule has 0 saturated heterocycles. The molecule has 1 aromatic rings. The molecule has 0 unspecified atom stereocenters. The first-order valence-electron chi connectivity index (χ1n) is 3.33.